The Morgan fingerprint density at radius 2 is 1.87 bits per heavy atom. The number of halogens is 1. The third-order valence-corrected chi connectivity index (χ3v) is 3.99. The fourth-order valence-corrected chi connectivity index (χ4v) is 2.55. The van der Waals surface area contributed by atoms with Crippen molar-refractivity contribution in [2.45, 2.75) is 0 Å². The third-order valence-electron chi connectivity index (χ3n) is 3.99. The molecule has 9 nitrogen and oxygen atoms in total. The molecule has 0 spiro atoms. The average molecular weight is 423 g/mol. The molecule has 5 N–H and O–H groups in total. The minimum Gasteiger partial charge on any atom is -0.395 e. The Morgan fingerprint density at radius 1 is 1.13 bits per heavy atom. The summed E-state index contributed by atoms with van der Waals surface area (Å²) >= 11 is 0. The molecule has 3 rings (SSSR count). The number of anilines is 5. The van der Waals surface area contributed by atoms with E-state index in [2.05, 4.69) is 36.2 Å². The Balaban J connectivity index is 1.74. The molecular weight excluding hydrogens is 401 g/mol. The van der Waals surface area contributed by atoms with Crippen LogP contribution in [0.15, 0.2) is 59.7 Å². The number of nitrogens with one attached hydrogen (secondary N) is 4. The molecule has 1 amide bonds. The van der Waals surface area contributed by atoms with Crippen LogP contribution in [0.3, 0.4) is 0 Å². The second kappa shape index (κ2) is 10.6. The van der Waals surface area contributed by atoms with Gasteiger partial charge >= 0.3 is 0 Å². The fourth-order valence-electron chi connectivity index (χ4n) is 2.55. The number of hydrogen-bond acceptors (Lipinski definition) is 8. The standard InChI is InChI=1S/C21H22FN7O2/c1-23-19(31)13-25-15-5-3-7-17(11-15)28-21-26-12-18(22)20(29-21)27-16-6-2-4-14(10-16)24-8-9-30/h2-7,10-13,24,30H,8-9H2,1H3,(H,23,31)(H2,26,27,28,29). The second-order valence-corrected chi connectivity index (χ2v) is 6.29. The number of amides is 1. The number of hydrogen-bond donors (Lipinski definition) is 5. The number of aliphatic hydroxyl groups is 1. The van der Waals surface area contributed by atoms with E-state index in [0.29, 0.717) is 23.6 Å². The van der Waals surface area contributed by atoms with Crippen molar-refractivity contribution in [3.05, 3.63) is 60.5 Å². The molecule has 0 bridgehead atoms. The van der Waals surface area contributed by atoms with Crippen LogP contribution in [0.5, 0.6) is 0 Å². The van der Waals surface area contributed by atoms with Gasteiger partial charge in [0.05, 0.1) is 24.7 Å². The Bertz CT molecular complexity index is 1080. The summed E-state index contributed by atoms with van der Waals surface area (Å²) in [6.07, 6.45) is 2.25. The van der Waals surface area contributed by atoms with Gasteiger partial charge in [-0.05, 0) is 36.4 Å². The third kappa shape index (κ3) is 6.47. The first-order valence-electron chi connectivity index (χ1n) is 9.44. The molecule has 0 atom stereocenters. The van der Waals surface area contributed by atoms with E-state index in [-0.39, 0.29) is 24.3 Å². The fraction of sp³-hybridized carbons (Fsp3) is 0.143. The van der Waals surface area contributed by atoms with Crippen LogP contribution in [-0.4, -0.2) is 47.4 Å². The number of carbonyl (C=O) groups excluding carboxylic acids is 1. The first-order valence-corrected chi connectivity index (χ1v) is 9.44. The lowest BCUT2D eigenvalue weighted by molar-refractivity contribution is -0.113. The smallest absolute Gasteiger partial charge is 0.262 e. The van der Waals surface area contributed by atoms with Gasteiger partial charge in [0.1, 0.15) is 0 Å². The van der Waals surface area contributed by atoms with E-state index in [1.54, 1.807) is 42.5 Å². The number of rotatable bonds is 9. The summed E-state index contributed by atoms with van der Waals surface area (Å²) in [5.41, 5.74) is 2.58. The Hall–Kier alpha value is -4.05. The zero-order valence-corrected chi connectivity index (χ0v) is 16.8. The van der Waals surface area contributed by atoms with E-state index in [4.69, 9.17) is 5.11 Å². The summed E-state index contributed by atoms with van der Waals surface area (Å²) < 4.78 is 14.3. The SMILES string of the molecule is CNC(=O)C=Nc1cccc(Nc2ncc(F)c(Nc3cccc(NCCO)c3)n2)c1. The molecule has 10 heteroatoms. The van der Waals surface area contributed by atoms with Crippen molar-refractivity contribution in [1.82, 2.24) is 15.3 Å². The predicted octanol–water partition coefficient (Wildman–Crippen LogP) is 2.96. The summed E-state index contributed by atoms with van der Waals surface area (Å²) in [5.74, 6) is -0.730. The molecule has 0 radical (unpaired) electrons. The molecule has 0 aliphatic rings. The number of aliphatic imine (C=N–C) groups is 1. The number of benzene rings is 2. The average Bonchev–Trinajstić information content (AvgIpc) is 2.79. The largest absolute Gasteiger partial charge is 0.395 e. The molecule has 160 valence electrons. The number of aliphatic hydroxyl groups excluding tert-OH is 1. The summed E-state index contributed by atoms with van der Waals surface area (Å²) in [6, 6.07) is 14.2. The maximum Gasteiger partial charge on any atom is 0.262 e. The molecule has 3 aromatic rings. The highest BCUT2D eigenvalue weighted by Crippen LogP contribution is 2.24. The van der Waals surface area contributed by atoms with Crippen molar-refractivity contribution < 1.29 is 14.3 Å². The van der Waals surface area contributed by atoms with Crippen LogP contribution in [0.2, 0.25) is 0 Å². The van der Waals surface area contributed by atoms with Gasteiger partial charge in [0.25, 0.3) is 5.91 Å². The molecule has 2 aromatic carbocycles. The predicted molar refractivity (Wildman–Crippen MR) is 119 cm³/mol. The lowest BCUT2D eigenvalue weighted by Gasteiger charge is -2.11. The summed E-state index contributed by atoms with van der Waals surface area (Å²) in [4.78, 5) is 23.6. The normalized spacial score (nSPS) is 10.7. The van der Waals surface area contributed by atoms with E-state index in [1.165, 1.54) is 13.3 Å². The van der Waals surface area contributed by atoms with Crippen molar-refractivity contribution in [2.75, 3.05) is 36.1 Å². The Labute approximate surface area is 178 Å². The van der Waals surface area contributed by atoms with Gasteiger partial charge in [0, 0.05) is 30.7 Å². The highest BCUT2D eigenvalue weighted by atomic mass is 19.1. The van der Waals surface area contributed by atoms with Gasteiger partial charge in [-0.15, -0.1) is 0 Å². The van der Waals surface area contributed by atoms with Gasteiger partial charge < -0.3 is 26.4 Å². The Morgan fingerprint density at radius 3 is 2.65 bits per heavy atom. The van der Waals surface area contributed by atoms with Crippen molar-refractivity contribution in [3.8, 4) is 0 Å². The highest BCUT2D eigenvalue weighted by Gasteiger charge is 2.09. The van der Waals surface area contributed by atoms with Crippen LogP contribution in [0.4, 0.5) is 38.9 Å². The van der Waals surface area contributed by atoms with Crippen LogP contribution in [0, 0.1) is 5.82 Å². The zero-order chi connectivity index (χ0) is 22.1. The minimum atomic E-state index is -0.608. The lowest BCUT2D eigenvalue weighted by Crippen LogP contribution is -2.18. The molecule has 0 saturated heterocycles. The van der Waals surface area contributed by atoms with Gasteiger partial charge in [0.15, 0.2) is 11.6 Å². The molecule has 31 heavy (non-hydrogen) atoms. The number of nitrogens with zero attached hydrogens (tertiary/aromatic N) is 3. The second-order valence-electron chi connectivity index (χ2n) is 6.29. The van der Waals surface area contributed by atoms with Crippen molar-refractivity contribution in [2.24, 2.45) is 4.99 Å². The van der Waals surface area contributed by atoms with Gasteiger partial charge in [-0.3, -0.25) is 9.79 Å². The van der Waals surface area contributed by atoms with Gasteiger partial charge in [0.2, 0.25) is 5.95 Å². The quantitative estimate of drug-likeness (QED) is 0.335. The van der Waals surface area contributed by atoms with Crippen LogP contribution >= 0.6 is 0 Å². The van der Waals surface area contributed by atoms with Crippen LogP contribution < -0.4 is 21.3 Å². The van der Waals surface area contributed by atoms with E-state index >= 15 is 0 Å². The first kappa shape index (κ1) is 21.7. The highest BCUT2D eigenvalue weighted by molar-refractivity contribution is 6.26. The summed E-state index contributed by atoms with van der Waals surface area (Å²) in [7, 11) is 1.52. The minimum absolute atomic E-state index is 0.00519. The number of carbonyl (C=O) groups is 1. The van der Waals surface area contributed by atoms with Crippen molar-refractivity contribution in [1.29, 1.82) is 0 Å². The van der Waals surface area contributed by atoms with Crippen molar-refractivity contribution >= 4 is 46.6 Å². The van der Waals surface area contributed by atoms with E-state index in [1.807, 2.05) is 6.07 Å². The topological polar surface area (TPSA) is 124 Å². The van der Waals surface area contributed by atoms with Gasteiger partial charge in [-0.25, -0.2) is 9.37 Å². The number of aromatic nitrogens is 2. The maximum absolute atomic E-state index is 14.3. The monoisotopic (exact) mass is 423 g/mol. The van der Waals surface area contributed by atoms with E-state index in [0.717, 1.165) is 11.9 Å². The van der Waals surface area contributed by atoms with E-state index in [9.17, 15) is 9.18 Å². The molecule has 0 saturated carbocycles. The zero-order valence-electron chi connectivity index (χ0n) is 16.8. The molecule has 1 heterocycles. The first-order chi connectivity index (χ1) is 15.1. The van der Waals surface area contributed by atoms with E-state index < -0.39 is 5.82 Å². The maximum atomic E-state index is 14.3. The van der Waals surface area contributed by atoms with Crippen LogP contribution in [0.25, 0.3) is 0 Å². The molecule has 0 fully saturated rings. The van der Waals surface area contributed by atoms with Gasteiger partial charge in [-0.2, -0.15) is 4.98 Å². The van der Waals surface area contributed by atoms with Crippen LogP contribution in [-0.2, 0) is 4.79 Å². The summed E-state index contributed by atoms with van der Waals surface area (Å²) in [6.45, 7) is 0.414. The lowest BCUT2D eigenvalue weighted by atomic mass is 10.2. The molecule has 0 aliphatic heterocycles. The Kier molecular flexibility index (Phi) is 7.44. The molecule has 0 aliphatic carbocycles. The molecule has 0 unspecified atom stereocenters. The van der Waals surface area contributed by atoms with Crippen molar-refractivity contribution in [3.63, 3.8) is 0 Å². The van der Waals surface area contributed by atoms with Gasteiger partial charge in [-0.1, -0.05) is 12.1 Å². The van der Waals surface area contributed by atoms with Crippen LogP contribution in [0.1, 0.15) is 0 Å². The molecule has 1 aromatic heterocycles. The molecular formula is C21H22FN7O2. The summed E-state index contributed by atoms with van der Waals surface area (Å²) in [5, 5.41) is 20.3.